The van der Waals surface area contributed by atoms with Gasteiger partial charge >= 0.3 is 0 Å². The van der Waals surface area contributed by atoms with E-state index >= 15 is 0 Å². The zero-order valence-electron chi connectivity index (χ0n) is 12.6. The lowest BCUT2D eigenvalue weighted by atomic mass is 10.2. The minimum Gasteiger partial charge on any atom is -0.483 e. The van der Waals surface area contributed by atoms with Crippen LogP contribution in [0.3, 0.4) is 0 Å². The van der Waals surface area contributed by atoms with Crippen LogP contribution in [0.4, 0.5) is 5.13 Å². The number of carbonyl (C=O) groups excluding carboxylic acids is 2. The van der Waals surface area contributed by atoms with E-state index in [0.717, 1.165) is 11.3 Å². The highest BCUT2D eigenvalue weighted by Gasteiger charge is 2.09. The van der Waals surface area contributed by atoms with Crippen LogP contribution in [0.15, 0.2) is 29.6 Å². The van der Waals surface area contributed by atoms with Crippen LogP contribution >= 0.6 is 23.1 Å². The Morgan fingerprint density at radius 2 is 2.17 bits per heavy atom. The molecule has 0 unspecified atom stereocenters. The highest BCUT2D eigenvalue weighted by Crippen LogP contribution is 2.20. The van der Waals surface area contributed by atoms with Gasteiger partial charge in [-0.25, -0.2) is 4.98 Å². The molecule has 2 aromatic rings. The molecule has 1 aromatic carbocycles. The molecular weight excluding hydrogens is 334 g/mol. The number of primary amides is 1. The Balaban J connectivity index is 1.78. The number of aromatic nitrogens is 1. The van der Waals surface area contributed by atoms with Gasteiger partial charge in [0.05, 0.1) is 11.4 Å². The summed E-state index contributed by atoms with van der Waals surface area (Å²) in [6, 6.07) is 7.51. The summed E-state index contributed by atoms with van der Waals surface area (Å²) in [4.78, 5) is 26.8. The molecule has 0 radical (unpaired) electrons. The Kier molecular flexibility index (Phi) is 6.42. The lowest BCUT2D eigenvalue weighted by molar-refractivity contribution is -0.118. The SMILES string of the molecule is Cc1ccccc1OCC(=O)Nc1nc(CSCC(N)=O)cs1. The van der Waals surface area contributed by atoms with Gasteiger partial charge in [0.25, 0.3) is 5.91 Å². The van der Waals surface area contributed by atoms with Gasteiger partial charge in [-0.15, -0.1) is 23.1 Å². The fourth-order valence-electron chi connectivity index (χ4n) is 1.70. The number of hydrogen-bond acceptors (Lipinski definition) is 6. The van der Waals surface area contributed by atoms with Crippen molar-refractivity contribution in [2.75, 3.05) is 17.7 Å². The molecule has 0 saturated carbocycles. The van der Waals surface area contributed by atoms with Gasteiger partial charge in [0, 0.05) is 11.1 Å². The Morgan fingerprint density at radius 1 is 1.39 bits per heavy atom. The van der Waals surface area contributed by atoms with E-state index in [9.17, 15) is 9.59 Å². The molecule has 1 heterocycles. The summed E-state index contributed by atoms with van der Waals surface area (Å²) in [5.41, 5.74) is 6.85. The van der Waals surface area contributed by atoms with Crippen molar-refractivity contribution >= 4 is 40.0 Å². The van der Waals surface area contributed by atoms with Crippen molar-refractivity contribution in [1.82, 2.24) is 4.98 Å². The van der Waals surface area contributed by atoms with E-state index in [1.807, 2.05) is 36.6 Å². The topological polar surface area (TPSA) is 94.3 Å². The van der Waals surface area contributed by atoms with E-state index < -0.39 is 0 Å². The summed E-state index contributed by atoms with van der Waals surface area (Å²) >= 11 is 2.72. The normalized spacial score (nSPS) is 10.3. The molecule has 0 aliphatic carbocycles. The number of para-hydroxylation sites is 1. The molecule has 2 rings (SSSR count). The van der Waals surface area contributed by atoms with Crippen molar-refractivity contribution in [2.45, 2.75) is 12.7 Å². The van der Waals surface area contributed by atoms with Crippen LogP contribution in [0.25, 0.3) is 0 Å². The number of rotatable bonds is 8. The molecule has 0 saturated heterocycles. The average Bonchev–Trinajstić information content (AvgIpc) is 2.93. The standard InChI is InChI=1S/C15H17N3O3S2/c1-10-4-2-3-5-12(10)21-6-14(20)18-15-17-11(8-23-15)7-22-9-13(16)19/h2-5,8H,6-7,9H2,1H3,(H2,16,19)(H,17,18,20). The summed E-state index contributed by atoms with van der Waals surface area (Å²) in [5, 5.41) is 5.04. The number of anilines is 1. The molecule has 23 heavy (non-hydrogen) atoms. The molecule has 0 spiro atoms. The number of thioether (sulfide) groups is 1. The fraction of sp³-hybridized carbons (Fsp3) is 0.267. The third-order valence-electron chi connectivity index (χ3n) is 2.74. The maximum absolute atomic E-state index is 11.9. The molecule has 8 heteroatoms. The van der Waals surface area contributed by atoms with E-state index in [-0.39, 0.29) is 24.2 Å². The summed E-state index contributed by atoms with van der Waals surface area (Å²) in [6.45, 7) is 1.85. The number of aryl methyl sites for hydroxylation is 1. The zero-order chi connectivity index (χ0) is 16.7. The van der Waals surface area contributed by atoms with Crippen molar-refractivity contribution in [3.63, 3.8) is 0 Å². The Morgan fingerprint density at radius 3 is 2.91 bits per heavy atom. The van der Waals surface area contributed by atoms with Crippen LogP contribution in [-0.2, 0) is 15.3 Å². The molecule has 0 aliphatic rings. The summed E-state index contributed by atoms with van der Waals surface area (Å²) in [5.74, 6) is 0.898. The van der Waals surface area contributed by atoms with E-state index in [0.29, 0.717) is 16.6 Å². The third-order valence-corrected chi connectivity index (χ3v) is 4.54. The maximum Gasteiger partial charge on any atom is 0.264 e. The van der Waals surface area contributed by atoms with Gasteiger partial charge in [-0.2, -0.15) is 0 Å². The third kappa shape index (κ3) is 5.91. The van der Waals surface area contributed by atoms with E-state index in [1.54, 1.807) is 0 Å². The van der Waals surface area contributed by atoms with Crippen molar-refractivity contribution < 1.29 is 14.3 Å². The molecule has 6 nitrogen and oxygen atoms in total. The lowest BCUT2D eigenvalue weighted by Crippen LogP contribution is -2.20. The highest BCUT2D eigenvalue weighted by molar-refractivity contribution is 7.99. The maximum atomic E-state index is 11.9. The van der Waals surface area contributed by atoms with E-state index in [4.69, 9.17) is 10.5 Å². The Labute approximate surface area is 142 Å². The van der Waals surface area contributed by atoms with Crippen molar-refractivity contribution in [1.29, 1.82) is 0 Å². The minimum absolute atomic E-state index is 0.0732. The van der Waals surface area contributed by atoms with Gasteiger partial charge in [-0.3, -0.25) is 14.9 Å². The van der Waals surface area contributed by atoms with Gasteiger partial charge in [-0.05, 0) is 18.6 Å². The quantitative estimate of drug-likeness (QED) is 0.760. The van der Waals surface area contributed by atoms with Crippen LogP contribution in [0.1, 0.15) is 11.3 Å². The molecule has 2 amide bonds. The first-order chi connectivity index (χ1) is 11.0. The van der Waals surface area contributed by atoms with Gasteiger partial charge in [0.15, 0.2) is 11.7 Å². The first kappa shape index (κ1) is 17.3. The minimum atomic E-state index is -0.355. The summed E-state index contributed by atoms with van der Waals surface area (Å²) in [7, 11) is 0. The monoisotopic (exact) mass is 351 g/mol. The summed E-state index contributed by atoms with van der Waals surface area (Å²) < 4.78 is 5.48. The number of thiazole rings is 1. The predicted molar refractivity (Wildman–Crippen MR) is 92.8 cm³/mol. The van der Waals surface area contributed by atoms with Gasteiger partial charge in [0.1, 0.15) is 5.75 Å². The van der Waals surface area contributed by atoms with Crippen LogP contribution in [-0.4, -0.2) is 29.2 Å². The number of nitrogens with zero attached hydrogens (tertiary/aromatic N) is 1. The predicted octanol–water partition coefficient (Wildman–Crippen LogP) is 2.19. The highest BCUT2D eigenvalue weighted by atomic mass is 32.2. The van der Waals surface area contributed by atoms with Crippen molar-refractivity contribution in [3.8, 4) is 5.75 Å². The molecular formula is C15H17N3O3S2. The molecule has 0 aliphatic heterocycles. The second kappa shape index (κ2) is 8.54. The average molecular weight is 351 g/mol. The zero-order valence-corrected chi connectivity index (χ0v) is 14.2. The number of benzene rings is 1. The van der Waals surface area contributed by atoms with Crippen LogP contribution in [0.5, 0.6) is 5.75 Å². The Bertz CT molecular complexity index is 688. The first-order valence-electron chi connectivity index (χ1n) is 6.83. The van der Waals surface area contributed by atoms with Crippen molar-refractivity contribution in [2.24, 2.45) is 5.73 Å². The largest absolute Gasteiger partial charge is 0.483 e. The van der Waals surface area contributed by atoms with Gasteiger partial charge in [0.2, 0.25) is 5.91 Å². The van der Waals surface area contributed by atoms with Crippen LogP contribution in [0, 0.1) is 6.92 Å². The van der Waals surface area contributed by atoms with Gasteiger partial charge in [-0.1, -0.05) is 18.2 Å². The lowest BCUT2D eigenvalue weighted by Gasteiger charge is -2.08. The van der Waals surface area contributed by atoms with Crippen LogP contribution in [0.2, 0.25) is 0 Å². The smallest absolute Gasteiger partial charge is 0.264 e. The molecule has 0 atom stereocenters. The molecule has 3 N–H and O–H groups in total. The number of amides is 2. The number of ether oxygens (including phenoxy) is 1. The number of nitrogens with one attached hydrogen (secondary N) is 1. The summed E-state index contributed by atoms with van der Waals surface area (Å²) in [6.07, 6.45) is 0. The fourth-order valence-corrected chi connectivity index (χ4v) is 3.20. The first-order valence-corrected chi connectivity index (χ1v) is 8.87. The molecule has 0 bridgehead atoms. The number of carbonyl (C=O) groups is 2. The van der Waals surface area contributed by atoms with E-state index in [1.165, 1.54) is 23.1 Å². The van der Waals surface area contributed by atoms with Gasteiger partial charge < -0.3 is 10.5 Å². The van der Waals surface area contributed by atoms with E-state index in [2.05, 4.69) is 10.3 Å². The second-order valence-electron chi connectivity index (χ2n) is 4.71. The van der Waals surface area contributed by atoms with Crippen LogP contribution < -0.4 is 15.8 Å². The number of hydrogen-bond donors (Lipinski definition) is 2. The number of nitrogens with two attached hydrogens (primary N) is 1. The Hall–Kier alpha value is -2.06. The molecule has 122 valence electrons. The second-order valence-corrected chi connectivity index (χ2v) is 6.55. The molecule has 0 fully saturated rings. The molecule has 1 aromatic heterocycles. The van der Waals surface area contributed by atoms with Crippen molar-refractivity contribution in [3.05, 3.63) is 40.9 Å².